The van der Waals surface area contributed by atoms with Crippen LogP contribution in [0.3, 0.4) is 0 Å². The summed E-state index contributed by atoms with van der Waals surface area (Å²) in [4.78, 5) is 12.0. The molecule has 0 aromatic heterocycles. The molecule has 0 spiro atoms. The highest BCUT2D eigenvalue weighted by Crippen LogP contribution is 2.22. The summed E-state index contributed by atoms with van der Waals surface area (Å²) in [7, 11) is 0. The van der Waals surface area contributed by atoms with Gasteiger partial charge in [-0.2, -0.15) is 0 Å². The number of aromatic hydroxyl groups is 1. The molecule has 0 aliphatic heterocycles. The van der Waals surface area contributed by atoms with Crippen LogP contribution in [0.5, 0.6) is 5.75 Å². The summed E-state index contributed by atoms with van der Waals surface area (Å²) in [5.41, 5.74) is 0. The predicted molar refractivity (Wildman–Crippen MR) is 60.1 cm³/mol. The van der Waals surface area contributed by atoms with Gasteiger partial charge in [-0.1, -0.05) is 6.07 Å². The first-order valence-electron chi connectivity index (χ1n) is 4.80. The van der Waals surface area contributed by atoms with Gasteiger partial charge in [0.15, 0.2) is 0 Å². The fourth-order valence-corrected chi connectivity index (χ4v) is 1.94. The maximum atomic E-state index is 11.0. The second-order valence-electron chi connectivity index (χ2n) is 2.90. The molecule has 1 rings (SSSR count). The summed E-state index contributed by atoms with van der Waals surface area (Å²) >= 11 is 1.53. The smallest absolute Gasteiger partial charge is 0.306 e. The monoisotopic (exact) mass is 226 g/mol. The second-order valence-corrected chi connectivity index (χ2v) is 4.07. The molecule has 1 N–H and O–H groups in total. The van der Waals surface area contributed by atoms with Crippen molar-refractivity contribution in [2.45, 2.75) is 18.2 Å². The van der Waals surface area contributed by atoms with E-state index >= 15 is 0 Å². The fourth-order valence-electron chi connectivity index (χ4n) is 1.06. The van der Waals surface area contributed by atoms with Gasteiger partial charge >= 0.3 is 5.97 Å². The largest absolute Gasteiger partial charge is 0.508 e. The van der Waals surface area contributed by atoms with Gasteiger partial charge in [-0.05, 0) is 25.1 Å². The van der Waals surface area contributed by atoms with Gasteiger partial charge < -0.3 is 9.84 Å². The van der Waals surface area contributed by atoms with Gasteiger partial charge in [-0.25, -0.2) is 0 Å². The average molecular weight is 226 g/mol. The van der Waals surface area contributed by atoms with Gasteiger partial charge in [-0.3, -0.25) is 4.79 Å². The molecule has 82 valence electrons. The number of benzene rings is 1. The minimum atomic E-state index is -0.176. The summed E-state index contributed by atoms with van der Waals surface area (Å²) in [5.74, 6) is 0.740. The summed E-state index contributed by atoms with van der Waals surface area (Å²) in [6.07, 6.45) is 0.397. The standard InChI is InChI=1S/C11H14O3S/c1-2-14-11(13)6-7-15-10-5-3-4-9(12)8-10/h3-5,8,12H,2,6-7H2,1H3. The Balaban J connectivity index is 2.28. The number of hydrogen-bond donors (Lipinski definition) is 1. The van der Waals surface area contributed by atoms with E-state index in [-0.39, 0.29) is 11.7 Å². The molecule has 0 bridgehead atoms. The van der Waals surface area contributed by atoms with E-state index in [9.17, 15) is 9.90 Å². The highest BCUT2D eigenvalue weighted by Gasteiger charge is 2.02. The predicted octanol–water partition coefficient (Wildman–Crippen LogP) is 2.44. The van der Waals surface area contributed by atoms with E-state index in [1.165, 1.54) is 11.8 Å². The molecule has 0 aliphatic rings. The number of carbonyl (C=O) groups excluding carboxylic acids is 1. The van der Waals surface area contributed by atoms with Gasteiger partial charge in [0.2, 0.25) is 0 Å². The number of phenols is 1. The third-order valence-electron chi connectivity index (χ3n) is 1.70. The molecule has 0 amide bonds. The zero-order valence-electron chi connectivity index (χ0n) is 8.60. The molecule has 0 saturated heterocycles. The average Bonchev–Trinajstić information content (AvgIpc) is 2.18. The lowest BCUT2D eigenvalue weighted by Crippen LogP contribution is -2.04. The Bertz CT molecular complexity index is 325. The number of phenolic OH excluding ortho intramolecular Hbond substituents is 1. The number of rotatable bonds is 5. The van der Waals surface area contributed by atoms with Crippen molar-refractivity contribution in [1.29, 1.82) is 0 Å². The lowest BCUT2D eigenvalue weighted by atomic mass is 10.3. The number of thioether (sulfide) groups is 1. The highest BCUT2D eigenvalue weighted by molar-refractivity contribution is 7.99. The highest BCUT2D eigenvalue weighted by atomic mass is 32.2. The van der Waals surface area contributed by atoms with Gasteiger partial charge in [0, 0.05) is 10.6 Å². The van der Waals surface area contributed by atoms with E-state index in [1.54, 1.807) is 25.1 Å². The van der Waals surface area contributed by atoms with Gasteiger partial charge in [0.05, 0.1) is 13.0 Å². The molecule has 1 aromatic carbocycles. The van der Waals surface area contributed by atoms with Crippen molar-refractivity contribution in [3.63, 3.8) is 0 Å². The van der Waals surface area contributed by atoms with Crippen LogP contribution in [0.1, 0.15) is 13.3 Å². The topological polar surface area (TPSA) is 46.5 Å². The van der Waals surface area contributed by atoms with Gasteiger partial charge in [0.25, 0.3) is 0 Å². The first kappa shape index (κ1) is 11.9. The van der Waals surface area contributed by atoms with Crippen LogP contribution in [0, 0.1) is 0 Å². The van der Waals surface area contributed by atoms with Crippen molar-refractivity contribution in [3.05, 3.63) is 24.3 Å². The van der Waals surface area contributed by atoms with Crippen LogP contribution in [0.2, 0.25) is 0 Å². The van der Waals surface area contributed by atoms with Crippen LogP contribution >= 0.6 is 11.8 Å². The summed E-state index contributed by atoms with van der Waals surface area (Å²) in [5, 5.41) is 9.20. The number of carbonyl (C=O) groups is 1. The third-order valence-corrected chi connectivity index (χ3v) is 2.69. The minimum absolute atomic E-state index is 0.176. The lowest BCUT2D eigenvalue weighted by molar-refractivity contribution is -0.142. The van der Waals surface area contributed by atoms with Crippen molar-refractivity contribution >= 4 is 17.7 Å². The summed E-state index contributed by atoms with van der Waals surface area (Å²) in [6, 6.07) is 6.97. The summed E-state index contributed by atoms with van der Waals surface area (Å²) in [6.45, 7) is 2.22. The Kier molecular flexibility index (Phi) is 5.04. The van der Waals surface area contributed by atoms with Crippen molar-refractivity contribution in [2.75, 3.05) is 12.4 Å². The Morgan fingerprint density at radius 1 is 1.53 bits per heavy atom. The van der Waals surface area contributed by atoms with Crippen molar-refractivity contribution in [1.82, 2.24) is 0 Å². The normalized spacial score (nSPS) is 9.93. The van der Waals surface area contributed by atoms with E-state index < -0.39 is 0 Å². The van der Waals surface area contributed by atoms with Crippen molar-refractivity contribution in [3.8, 4) is 5.75 Å². The van der Waals surface area contributed by atoms with E-state index in [1.807, 2.05) is 6.07 Å². The van der Waals surface area contributed by atoms with Gasteiger partial charge in [-0.15, -0.1) is 11.8 Å². The molecule has 4 heteroatoms. The Hall–Kier alpha value is -1.16. The molecule has 0 radical (unpaired) electrons. The lowest BCUT2D eigenvalue weighted by Gasteiger charge is -2.02. The third kappa shape index (κ3) is 4.74. The van der Waals surface area contributed by atoms with Crippen LogP contribution in [0.15, 0.2) is 29.2 Å². The van der Waals surface area contributed by atoms with E-state index in [2.05, 4.69) is 0 Å². The van der Waals surface area contributed by atoms with Crippen molar-refractivity contribution in [2.24, 2.45) is 0 Å². The number of esters is 1. The maximum absolute atomic E-state index is 11.0. The quantitative estimate of drug-likeness (QED) is 0.618. The minimum Gasteiger partial charge on any atom is -0.508 e. The van der Waals surface area contributed by atoms with Crippen LogP contribution in [0.4, 0.5) is 0 Å². The molecule has 0 unspecified atom stereocenters. The number of ether oxygens (including phenoxy) is 1. The molecular formula is C11H14O3S. The van der Waals surface area contributed by atoms with Crippen LogP contribution in [-0.2, 0) is 9.53 Å². The molecule has 0 fully saturated rings. The number of hydrogen-bond acceptors (Lipinski definition) is 4. The van der Waals surface area contributed by atoms with Crippen molar-refractivity contribution < 1.29 is 14.6 Å². The van der Waals surface area contributed by atoms with E-state index in [4.69, 9.17) is 4.74 Å². The second kappa shape index (κ2) is 6.35. The van der Waals surface area contributed by atoms with Crippen LogP contribution < -0.4 is 0 Å². The van der Waals surface area contributed by atoms with E-state index in [0.29, 0.717) is 18.8 Å². The van der Waals surface area contributed by atoms with Crippen LogP contribution in [0.25, 0.3) is 0 Å². The first-order valence-corrected chi connectivity index (χ1v) is 5.78. The maximum Gasteiger partial charge on any atom is 0.306 e. The first-order chi connectivity index (χ1) is 7.22. The fraction of sp³-hybridized carbons (Fsp3) is 0.364. The molecule has 15 heavy (non-hydrogen) atoms. The SMILES string of the molecule is CCOC(=O)CCSc1cccc(O)c1. The molecule has 0 saturated carbocycles. The zero-order valence-corrected chi connectivity index (χ0v) is 9.42. The summed E-state index contributed by atoms with van der Waals surface area (Å²) < 4.78 is 4.80. The van der Waals surface area contributed by atoms with E-state index in [0.717, 1.165) is 4.90 Å². The molecular weight excluding hydrogens is 212 g/mol. The molecule has 0 atom stereocenters. The molecule has 3 nitrogen and oxygen atoms in total. The van der Waals surface area contributed by atoms with Gasteiger partial charge in [0.1, 0.15) is 5.75 Å². The van der Waals surface area contributed by atoms with Crippen LogP contribution in [-0.4, -0.2) is 23.4 Å². The molecule has 0 aliphatic carbocycles. The zero-order chi connectivity index (χ0) is 11.1. The Labute approximate surface area is 93.4 Å². The Morgan fingerprint density at radius 2 is 2.33 bits per heavy atom. The Morgan fingerprint density at radius 3 is 3.00 bits per heavy atom. The molecule has 1 aromatic rings. The molecule has 0 heterocycles.